The van der Waals surface area contributed by atoms with Gasteiger partial charge in [0.15, 0.2) is 18.3 Å². The van der Waals surface area contributed by atoms with Crippen molar-refractivity contribution in [3.8, 4) is 65.1 Å². The first-order chi connectivity index (χ1) is 71.0. The number of carbonyl (C=O) groups is 4. The number of aryl methyl sites for hydroxylation is 6. The molecule has 30 heteroatoms. The molecule has 6 aromatic heterocycles. The number of benzene rings is 9. The quantitative estimate of drug-likeness (QED) is 0.0462. The van der Waals surface area contributed by atoms with Crippen molar-refractivity contribution in [2.45, 2.75) is 266 Å². The lowest BCUT2D eigenvalue weighted by molar-refractivity contribution is -0.167. The van der Waals surface area contributed by atoms with Gasteiger partial charge in [0.1, 0.15) is 20.6 Å². The fourth-order valence-electron chi connectivity index (χ4n) is 22.2. The van der Waals surface area contributed by atoms with Crippen LogP contribution in [0.4, 0.5) is 4.79 Å². The summed E-state index contributed by atoms with van der Waals surface area (Å²) in [5.74, 6) is 0.0402. The topological polar surface area (TPSA) is 247 Å². The van der Waals surface area contributed by atoms with Crippen LogP contribution in [0.3, 0.4) is 0 Å². The molecule has 10 heterocycles. The third kappa shape index (κ3) is 24.1. The molecule has 1 amide bonds. The molecule has 9 aromatic carbocycles. The highest BCUT2D eigenvalue weighted by atomic mass is 35.5. The van der Waals surface area contributed by atoms with Crippen molar-refractivity contribution in [3.05, 3.63) is 211 Å². The van der Waals surface area contributed by atoms with Gasteiger partial charge in [0.2, 0.25) is 0 Å². The van der Waals surface area contributed by atoms with Gasteiger partial charge in [-0.15, -0.1) is 34.0 Å². The number of rotatable bonds is 23. The third-order valence-corrected chi connectivity index (χ3v) is 33.1. The number of esters is 3. The van der Waals surface area contributed by atoms with Gasteiger partial charge in [-0.2, -0.15) is 15.3 Å². The first kappa shape index (κ1) is 108. The lowest BCUT2D eigenvalue weighted by Crippen LogP contribution is -2.43. The first-order valence-corrected chi connectivity index (χ1v) is 56.3. The maximum absolute atomic E-state index is 13.6. The molecule has 0 spiro atoms. The van der Waals surface area contributed by atoms with Crippen LogP contribution < -0.4 is 5.32 Å². The van der Waals surface area contributed by atoms with E-state index < -0.39 is 58.6 Å². The van der Waals surface area contributed by atoms with E-state index in [2.05, 4.69) is 87.9 Å². The van der Waals surface area contributed by atoms with Gasteiger partial charge in [-0.1, -0.05) is 90.5 Å². The number of nitrogens with zero attached hydrogens (tertiary/aromatic N) is 12. The lowest BCUT2D eigenvalue weighted by atomic mass is 9.86. The van der Waals surface area contributed by atoms with E-state index in [9.17, 15) is 19.2 Å². The number of aromatic nitrogens is 9. The minimum absolute atomic E-state index is 0.217. The summed E-state index contributed by atoms with van der Waals surface area (Å²) < 4.78 is 50.7. The number of thiazole rings is 3. The van der Waals surface area contributed by atoms with Crippen LogP contribution in [0.5, 0.6) is 0 Å². The molecule has 24 nitrogen and oxygen atoms in total. The number of hydrogen-bond donors (Lipinski definition) is 1. The highest BCUT2D eigenvalue weighted by molar-refractivity contribution is 7.23. The number of ether oxygens (including phenoxy) is 7. The molecule has 5 aliphatic rings. The van der Waals surface area contributed by atoms with Gasteiger partial charge in [0.05, 0.1) is 101 Å². The molecule has 20 rings (SSSR count). The van der Waals surface area contributed by atoms with Crippen LogP contribution in [0, 0.1) is 20.8 Å². The number of halogens is 3. The Balaban J connectivity index is 0.000000147. The summed E-state index contributed by atoms with van der Waals surface area (Å²) in [6.45, 7) is 43.4. The maximum atomic E-state index is 13.6. The van der Waals surface area contributed by atoms with Crippen molar-refractivity contribution in [1.29, 1.82) is 0 Å². The van der Waals surface area contributed by atoms with Crippen LogP contribution in [-0.2, 0) is 68.7 Å². The van der Waals surface area contributed by atoms with Crippen LogP contribution in [-0.4, -0.2) is 190 Å². The van der Waals surface area contributed by atoms with Crippen molar-refractivity contribution in [1.82, 2.24) is 64.3 Å². The molecule has 0 unspecified atom stereocenters. The van der Waals surface area contributed by atoms with Gasteiger partial charge in [-0.05, 0) is 351 Å². The zero-order chi connectivity index (χ0) is 106. The molecule has 1 aliphatic carbocycles. The van der Waals surface area contributed by atoms with E-state index in [0.717, 1.165) is 235 Å². The normalized spacial score (nSPS) is 17.3. The van der Waals surface area contributed by atoms with Gasteiger partial charge in [0.25, 0.3) is 0 Å². The van der Waals surface area contributed by atoms with Crippen LogP contribution in [0.1, 0.15) is 261 Å². The van der Waals surface area contributed by atoms with Crippen molar-refractivity contribution in [2.75, 3.05) is 72.2 Å². The second kappa shape index (κ2) is 45.0. The number of hydrogen-bond acceptors (Lipinski definition) is 23. The molecule has 15 aromatic rings. The molecule has 1 N–H and O–H groups in total. The molecule has 0 radical (unpaired) electrons. The summed E-state index contributed by atoms with van der Waals surface area (Å²) in [5, 5.41) is 26.9. The Bertz CT molecular complexity index is 7440. The van der Waals surface area contributed by atoms with E-state index in [4.69, 9.17) is 98.2 Å². The van der Waals surface area contributed by atoms with E-state index in [0.29, 0.717) is 51.5 Å². The molecule has 4 aliphatic heterocycles. The molecular formula is C119H140Cl3N13O11S3. The Morgan fingerprint density at radius 2 is 0.705 bits per heavy atom. The lowest BCUT2D eigenvalue weighted by Gasteiger charge is -2.35. The second-order valence-corrected chi connectivity index (χ2v) is 48.7. The number of nitrogens with one attached hydrogen (secondary N) is 1. The number of fused-ring (bicyclic) bond motifs is 6. The largest absolute Gasteiger partial charge is 0.464 e. The SMILES string of the molecule is CCOC(=O)[C@@H](OC(C)(C)C)c1c(C)cc2nc(-c3ccc4c(c3)c(C3CCCCC3)nn4C)sc2c1-c1ccc(Cl)cc1.CCOC(=O)[C@@H](OC(C)(C)C)c1c(C)cc2nc(-c3ccc4c(c3)c(C3CCN([C@H]5CCN(C(=O)OC(C)(C)C)C5)CC3)nn4C)sc2c1-c1ccc(Cl)cc1.CCOC(=O)[C@@H](OC(C)(C)C)c1c(C)cc2nc(-c3ccc4c(c3)c(C3CCN([C@H]5CCNC5)CC3)nn4C)sc2c1-c1ccc(Cl)cc1. The van der Waals surface area contributed by atoms with Gasteiger partial charge >= 0.3 is 24.0 Å². The molecule has 4 saturated heterocycles. The van der Waals surface area contributed by atoms with Gasteiger partial charge in [-0.3, -0.25) is 23.8 Å². The van der Waals surface area contributed by atoms with Crippen LogP contribution >= 0.6 is 68.8 Å². The monoisotopic (exact) mass is 2130 g/mol. The summed E-state index contributed by atoms with van der Waals surface area (Å²) in [6.07, 6.45) is 9.74. The minimum atomic E-state index is -0.936. The standard InChI is InChI=1S/C44H54ClN5O5S.C39H46ClN5O3S.C36H40ClN3O3S/c1-10-53-41(51)38(54-43(3,4)5)35-26(2)23-33-39(36(35)27-11-14-30(45)15-12-27)56-40(46-33)29-13-16-34-32(24-29)37(47-48(34)9)28-17-20-49(21-18-28)31-19-22-50(25-31)42(52)55-44(6,7)8;1-7-47-38(46)35(48-39(3,4)5)32-23(2)20-30-36(33(32)24-8-11-27(40)12-9-24)49-37(42-30)26-10-13-31-29(21-26)34(43-44(31)6)25-15-18-45(19-16-25)28-14-17-41-22-28;1-7-42-35(41)32(43-36(3,4)5)29-21(2)19-27-33(30(29)22-13-16-25(37)17-14-22)44-34(38-27)24-15-18-28-26(20-24)31(39-40(28)6)23-11-9-8-10-12-23/h11-16,23-24,28,31,38H,10,17-22,25H2,1-9H3;8-13,20-21,25,28,35,41H,7,14-19,22H2,1-6H3;13-20,23,32H,7-12H2,1-6H3/t31-,38-;28-,35-;32-/m000/s1. The Labute approximate surface area is 901 Å². The highest BCUT2D eigenvalue weighted by Gasteiger charge is 2.42. The highest BCUT2D eigenvalue weighted by Crippen LogP contribution is 2.52. The van der Waals surface area contributed by atoms with Gasteiger partial charge in [-0.25, -0.2) is 34.1 Å². The molecule has 1 saturated carbocycles. The smallest absolute Gasteiger partial charge is 0.410 e. The van der Waals surface area contributed by atoms with E-state index in [1.165, 1.54) is 60.7 Å². The van der Waals surface area contributed by atoms with Gasteiger partial charge in [0, 0.05) is 152 Å². The summed E-state index contributed by atoms with van der Waals surface area (Å²) >= 11 is 23.9. The van der Waals surface area contributed by atoms with Crippen molar-refractivity contribution < 1.29 is 52.3 Å². The fraction of sp³-hybridized carbons (Fsp3) is 0.462. The Kier molecular flexibility index (Phi) is 32.6. The Morgan fingerprint density at radius 1 is 0.389 bits per heavy atom. The van der Waals surface area contributed by atoms with E-state index in [-0.39, 0.29) is 25.9 Å². The fourth-order valence-corrected chi connectivity index (χ4v) is 26.0. The van der Waals surface area contributed by atoms with Crippen molar-refractivity contribution in [2.24, 2.45) is 21.1 Å². The van der Waals surface area contributed by atoms with E-state index in [1.54, 1.807) is 34.0 Å². The second-order valence-electron chi connectivity index (χ2n) is 44.3. The minimum Gasteiger partial charge on any atom is -0.464 e. The van der Waals surface area contributed by atoms with Crippen molar-refractivity contribution in [3.63, 3.8) is 0 Å². The Hall–Kier alpha value is -10.6. The number of likely N-dealkylation sites (tertiary alicyclic amines) is 3. The van der Waals surface area contributed by atoms with E-state index >= 15 is 0 Å². The molecular weight excluding hydrogens is 1990 g/mol. The first-order valence-electron chi connectivity index (χ1n) is 52.7. The molecule has 5 atom stereocenters. The summed E-state index contributed by atoms with van der Waals surface area (Å²) in [6, 6.07) is 50.2. The predicted octanol–water partition coefficient (Wildman–Crippen LogP) is 28.5. The average Bonchev–Trinajstić information content (AvgIpc) is 1.63. The summed E-state index contributed by atoms with van der Waals surface area (Å²) in [4.78, 5) is 76.0. The summed E-state index contributed by atoms with van der Waals surface area (Å²) in [7, 11) is 6.10. The molecule has 786 valence electrons. The number of amides is 1. The Morgan fingerprint density at radius 3 is 1.01 bits per heavy atom. The number of piperidine rings is 2. The molecule has 149 heavy (non-hydrogen) atoms. The van der Waals surface area contributed by atoms with E-state index in [1.807, 2.05) is 238 Å². The maximum Gasteiger partial charge on any atom is 0.410 e. The van der Waals surface area contributed by atoms with Crippen LogP contribution in [0.15, 0.2) is 146 Å². The molecule has 0 bridgehead atoms. The third-order valence-electron chi connectivity index (χ3n) is 29.0. The average molecular weight is 2130 g/mol. The van der Waals surface area contributed by atoms with Crippen LogP contribution in [0.25, 0.3) is 128 Å². The summed E-state index contributed by atoms with van der Waals surface area (Å²) in [5.41, 5.74) is 21.1. The molecule has 5 fully saturated rings. The number of carbonyl (C=O) groups excluding carboxylic acids is 4. The van der Waals surface area contributed by atoms with Crippen molar-refractivity contribution >= 4 is 156 Å². The zero-order valence-corrected chi connectivity index (χ0v) is 94.5. The zero-order valence-electron chi connectivity index (χ0n) is 89.7. The van der Waals surface area contributed by atoms with Gasteiger partial charge < -0.3 is 43.4 Å². The van der Waals surface area contributed by atoms with Crippen LogP contribution in [0.2, 0.25) is 15.1 Å². The predicted molar refractivity (Wildman–Crippen MR) is 605 cm³/mol.